The molecule has 0 aliphatic rings. The summed E-state index contributed by atoms with van der Waals surface area (Å²) >= 11 is 0. The Morgan fingerprint density at radius 1 is 0.310 bits per heavy atom. The Hall–Kier alpha value is -1.66. The highest BCUT2D eigenvalue weighted by molar-refractivity contribution is 5.76. The smallest absolute Gasteiger partial charge is 0.305 e. The fourth-order valence-corrected chi connectivity index (χ4v) is 12.9. The van der Waals surface area contributed by atoms with Crippen LogP contribution >= 0.6 is 0 Å². The van der Waals surface area contributed by atoms with Gasteiger partial charge in [0.15, 0.2) is 0 Å². The molecule has 0 heterocycles. The van der Waals surface area contributed by atoms with Crippen LogP contribution < -0.4 is 5.32 Å². The van der Waals surface area contributed by atoms with Crippen LogP contribution in [0.1, 0.15) is 457 Å². The summed E-state index contributed by atoms with van der Waals surface area (Å²) in [5, 5.41) is 23.3. The molecule has 0 aromatic heterocycles. The Morgan fingerprint density at radius 2 is 0.540 bits per heavy atom. The monoisotopic (exact) mass is 1220 g/mol. The molecule has 0 aromatic carbocycles. The summed E-state index contributed by atoms with van der Waals surface area (Å²) in [5.41, 5.74) is 0. The summed E-state index contributed by atoms with van der Waals surface area (Å²) < 4.78 is 5.51. The zero-order valence-electron chi connectivity index (χ0n) is 59.3. The van der Waals surface area contributed by atoms with Crippen molar-refractivity contribution in [2.24, 2.45) is 0 Å². The first-order valence-corrected chi connectivity index (χ1v) is 40.1. The molecule has 2 unspecified atom stereocenters. The van der Waals surface area contributed by atoms with Crippen LogP contribution in [0.2, 0.25) is 0 Å². The molecule has 1 amide bonds. The average molecular weight is 1230 g/mol. The molecule has 87 heavy (non-hydrogen) atoms. The Balaban J connectivity index is 3.30. The second kappa shape index (κ2) is 76.8. The van der Waals surface area contributed by atoms with Crippen molar-refractivity contribution in [1.82, 2.24) is 5.32 Å². The summed E-state index contributed by atoms with van der Waals surface area (Å²) in [5.74, 6) is -0.00742. The molecule has 516 valence electrons. The van der Waals surface area contributed by atoms with E-state index < -0.39 is 12.1 Å². The molecule has 0 aromatic rings. The predicted octanol–water partition coefficient (Wildman–Crippen LogP) is 26.4. The van der Waals surface area contributed by atoms with Gasteiger partial charge in [0, 0.05) is 12.8 Å². The maximum absolute atomic E-state index is 12.5. The van der Waals surface area contributed by atoms with E-state index in [2.05, 4.69) is 43.5 Å². The summed E-state index contributed by atoms with van der Waals surface area (Å²) in [6.07, 6.45) is 98.6. The molecule has 0 rings (SSSR count). The van der Waals surface area contributed by atoms with E-state index in [0.29, 0.717) is 25.9 Å². The number of unbranched alkanes of at least 4 members (excludes halogenated alkanes) is 61. The quantitative estimate of drug-likeness (QED) is 0.0320. The number of rotatable bonds is 76. The third-order valence-electron chi connectivity index (χ3n) is 19.0. The van der Waals surface area contributed by atoms with E-state index in [0.717, 1.165) is 38.5 Å². The second-order valence-electron chi connectivity index (χ2n) is 27.7. The normalized spacial score (nSPS) is 12.6. The van der Waals surface area contributed by atoms with Gasteiger partial charge in [0.1, 0.15) is 0 Å². The van der Waals surface area contributed by atoms with Gasteiger partial charge in [0.25, 0.3) is 0 Å². The molecule has 3 N–H and O–H groups in total. The van der Waals surface area contributed by atoms with E-state index in [9.17, 15) is 19.8 Å². The van der Waals surface area contributed by atoms with Crippen molar-refractivity contribution in [3.63, 3.8) is 0 Å². The Bertz CT molecular complexity index is 1360. The van der Waals surface area contributed by atoms with Gasteiger partial charge < -0.3 is 20.3 Å². The first kappa shape index (κ1) is 85.3. The molecule has 0 spiro atoms. The molecule has 0 aliphatic carbocycles. The van der Waals surface area contributed by atoms with Crippen LogP contribution in [0.3, 0.4) is 0 Å². The summed E-state index contributed by atoms with van der Waals surface area (Å²) in [4.78, 5) is 24.6. The molecular weight excluding hydrogens is 1070 g/mol. The zero-order valence-corrected chi connectivity index (χ0v) is 59.3. The van der Waals surface area contributed by atoms with E-state index in [-0.39, 0.29) is 18.5 Å². The molecule has 0 radical (unpaired) electrons. The Morgan fingerprint density at radius 3 is 0.816 bits per heavy atom. The number of aliphatic hydroxyl groups excluding tert-OH is 2. The maximum Gasteiger partial charge on any atom is 0.305 e. The minimum Gasteiger partial charge on any atom is -0.466 e. The van der Waals surface area contributed by atoms with Gasteiger partial charge in [-0.2, -0.15) is 0 Å². The molecule has 0 aliphatic heterocycles. The minimum absolute atomic E-state index is 0.0200. The lowest BCUT2D eigenvalue weighted by molar-refractivity contribution is -0.143. The molecule has 6 nitrogen and oxygen atoms in total. The second-order valence-corrected chi connectivity index (χ2v) is 27.7. The zero-order chi connectivity index (χ0) is 62.8. The SMILES string of the molecule is CCCCCCCC/C=C\CCCCCCCCCC(=O)OCCCCCCCCCCCCCCCCCCCC/C=C\CCCCCCCCCCCCCCCCCCCC(=O)NC(CO)C(O)CCCCCCCCCCCCCCCC. The van der Waals surface area contributed by atoms with Gasteiger partial charge >= 0.3 is 5.97 Å². The lowest BCUT2D eigenvalue weighted by atomic mass is 10.0. The number of nitrogens with one attached hydrogen (secondary N) is 1. The topological polar surface area (TPSA) is 95.9 Å². The van der Waals surface area contributed by atoms with Crippen molar-refractivity contribution in [2.45, 2.75) is 469 Å². The fourth-order valence-electron chi connectivity index (χ4n) is 12.9. The Labute approximate surface area is 545 Å². The largest absolute Gasteiger partial charge is 0.466 e. The molecule has 2 atom stereocenters. The highest BCUT2D eigenvalue weighted by Crippen LogP contribution is 2.20. The van der Waals surface area contributed by atoms with Crippen LogP contribution in [0.5, 0.6) is 0 Å². The molecule has 0 bridgehead atoms. The Kier molecular flexibility index (Phi) is 75.3. The van der Waals surface area contributed by atoms with E-state index in [4.69, 9.17) is 4.74 Å². The van der Waals surface area contributed by atoms with Gasteiger partial charge in [-0.05, 0) is 77.0 Å². The summed E-state index contributed by atoms with van der Waals surface area (Å²) in [7, 11) is 0. The van der Waals surface area contributed by atoms with Gasteiger partial charge in [-0.3, -0.25) is 9.59 Å². The maximum atomic E-state index is 12.5. The van der Waals surface area contributed by atoms with Crippen molar-refractivity contribution in [1.29, 1.82) is 0 Å². The summed E-state index contributed by atoms with van der Waals surface area (Å²) in [6, 6.07) is -0.537. The first-order valence-electron chi connectivity index (χ1n) is 40.1. The summed E-state index contributed by atoms with van der Waals surface area (Å²) in [6.45, 7) is 4.99. The predicted molar refractivity (Wildman–Crippen MR) is 384 cm³/mol. The lowest BCUT2D eigenvalue weighted by Crippen LogP contribution is -2.45. The van der Waals surface area contributed by atoms with Crippen molar-refractivity contribution in [2.75, 3.05) is 13.2 Å². The van der Waals surface area contributed by atoms with Gasteiger partial charge in [-0.1, -0.05) is 391 Å². The minimum atomic E-state index is -0.660. The van der Waals surface area contributed by atoms with Crippen LogP contribution in [0.25, 0.3) is 0 Å². The van der Waals surface area contributed by atoms with E-state index in [1.54, 1.807) is 0 Å². The van der Waals surface area contributed by atoms with Crippen LogP contribution in [-0.2, 0) is 14.3 Å². The van der Waals surface area contributed by atoms with Crippen LogP contribution in [0, 0.1) is 0 Å². The van der Waals surface area contributed by atoms with Gasteiger partial charge in [0.05, 0.1) is 25.4 Å². The first-order chi connectivity index (χ1) is 43.0. The number of aliphatic hydroxyl groups is 2. The number of allylic oxidation sites excluding steroid dienone is 4. The number of ether oxygens (including phenoxy) is 1. The van der Waals surface area contributed by atoms with Gasteiger partial charge in [-0.25, -0.2) is 0 Å². The third kappa shape index (κ3) is 73.3. The number of carbonyl (C=O) groups excluding carboxylic acids is 2. The number of hydrogen-bond acceptors (Lipinski definition) is 5. The number of esters is 1. The standard InChI is InChI=1S/C81H157NO5/c1-3-5-7-9-11-13-15-17-19-43-47-51-55-59-63-67-71-75-81(86)87-76-72-68-64-60-56-52-48-45-42-40-38-36-34-32-30-28-26-24-22-20-21-23-25-27-29-31-33-35-37-39-41-44-46-50-54-58-62-66-70-74-80(85)82-78(77-83)79(84)73-69-65-61-57-53-49-18-16-14-12-10-8-6-4-2/h17,19-21,78-79,83-84H,3-16,18,22-77H2,1-2H3,(H,82,85)/b19-17-,21-20-. The molecule has 0 saturated carbocycles. The van der Waals surface area contributed by atoms with Crippen LogP contribution in [0.4, 0.5) is 0 Å². The molecule has 0 fully saturated rings. The number of hydrogen-bond donors (Lipinski definition) is 3. The highest BCUT2D eigenvalue weighted by Gasteiger charge is 2.20. The third-order valence-corrected chi connectivity index (χ3v) is 19.0. The van der Waals surface area contributed by atoms with Gasteiger partial charge in [0.2, 0.25) is 5.91 Å². The van der Waals surface area contributed by atoms with Crippen molar-refractivity contribution < 1.29 is 24.5 Å². The molecule has 6 heteroatoms. The number of carbonyl (C=O) groups is 2. The van der Waals surface area contributed by atoms with Crippen molar-refractivity contribution >= 4 is 11.9 Å². The fraction of sp³-hybridized carbons (Fsp3) is 0.926. The van der Waals surface area contributed by atoms with E-state index >= 15 is 0 Å². The average Bonchev–Trinajstić information content (AvgIpc) is 3.53. The van der Waals surface area contributed by atoms with Crippen molar-refractivity contribution in [3.05, 3.63) is 24.3 Å². The van der Waals surface area contributed by atoms with Crippen LogP contribution in [-0.4, -0.2) is 47.4 Å². The van der Waals surface area contributed by atoms with Crippen LogP contribution in [0.15, 0.2) is 24.3 Å². The molecular formula is C81H157NO5. The van der Waals surface area contributed by atoms with E-state index in [1.165, 1.54) is 385 Å². The molecule has 0 saturated heterocycles. The highest BCUT2D eigenvalue weighted by atomic mass is 16.5. The van der Waals surface area contributed by atoms with Crippen molar-refractivity contribution in [3.8, 4) is 0 Å². The van der Waals surface area contributed by atoms with E-state index in [1.807, 2.05) is 0 Å². The van der Waals surface area contributed by atoms with Gasteiger partial charge in [-0.15, -0.1) is 0 Å². The lowest BCUT2D eigenvalue weighted by Gasteiger charge is -2.22. The number of amides is 1.